The molecule has 17 heavy (non-hydrogen) atoms. The average molecular weight is 238 g/mol. The minimum Gasteiger partial charge on any atom is -0.399 e. The van der Waals surface area contributed by atoms with E-state index in [1.54, 1.807) is 7.11 Å². The molecule has 1 aromatic carbocycles. The number of benzene rings is 1. The molecular weight excluding hydrogens is 216 g/mol. The summed E-state index contributed by atoms with van der Waals surface area (Å²) in [7, 11) is 1.69. The lowest BCUT2D eigenvalue weighted by molar-refractivity contribution is 0.158. The van der Waals surface area contributed by atoms with Crippen LogP contribution in [0.2, 0.25) is 0 Å². The average Bonchev–Trinajstić information content (AvgIpc) is 2.35. The van der Waals surface area contributed by atoms with Crippen molar-refractivity contribution in [2.75, 3.05) is 44.5 Å². The van der Waals surface area contributed by atoms with Gasteiger partial charge < -0.3 is 20.5 Å². The molecule has 0 fully saturated rings. The largest absolute Gasteiger partial charge is 0.399 e. The van der Waals surface area contributed by atoms with Crippen LogP contribution in [0.3, 0.4) is 0 Å². The fraction of sp³-hybridized carbons (Fsp3) is 0.538. The lowest BCUT2D eigenvalue weighted by Gasteiger charge is -2.10. The van der Waals surface area contributed by atoms with Crippen LogP contribution in [0.1, 0.15) is 12.5 Å². The maximum atomic E-state index is 5.90. The number of nitrogen functional groups attached to an aromatic ring is 1. The molecule has 0 unspecified atom stereocenters. The third kappa shape index (κ3) is 5.06. The number of rotatable bonds is 8. The Kier molecular flexibility index (Phi) is 6.43. The first-order chi connectivity index (χ1) is 8.27. The van der Waals surface area contributed by atoms with Gasteiger partial charge in [0.05, 0.1) is 13.2 Å². The Morgan fingerprint density at radius 2 is 2.12 bits per heavy atom. The molecule has 0 atom stereocenters. The van der Waals surface area contributed by atoms with Gasteiger partial charge in [0.15, 0.2) is 0 Å². The predicted octanol–water partition coefficient (Wildman–Crippen LogP) is 1.91. The van der Waals surface area contributed by atoms with Crippen molar-refractivity contribution in [3.05, 3.63) is 23.8 Å². The van der Waals surface area contributed by atoms with E-state index in [0.29, 0.717) is 13.2 Å². The molecule has 0 amide bonds. The van der Waals surface area contributed by atoms with Crippen LogP contribution >= 0.6 is 0 Å². The summed E-state index contributed by atoms with van der Waals surface area (Å²) in [4.78, 5) is 0. The van der Waals surface area contributed by atoms with Gasteiger partial charge in [0.1, 0.15) is 0 Å². The molecule has 1 rings (SSSR count). The maximum Gasteiger partial charge on any atom is 0.0638 e. The van der Waals surface area contributed by atoms with Gasteiger partial charge in [-0.1, -0.05) is 0 Å². The van der Waals surface area contributed by atoms with Gasteiger partial charge in [-0.05, 0) is 37.1 Å². The highest BCUT2D eigenvalue weighted by molar-refractivity contribution is 5.57. The van der Waals surface area contributed by atoms with E-state index < -0.39 is 0 Å². The van der Waals surface area contributed by atoms with Crippen LogP contribution in [0, 0.1) is 0 Å². The van der Waals surface area contributed by atoms with E-state index in [1.807, 2.05) is 19.1 Å². The van der Waals surface area contributed by atoms with Crippen LogP contribution < -0.4 is 11.1 Å². The third-order valence-electron chi connectivity index (χ3n) is 2.50. The van der Waals surface area contributed by atoms with E-state index in [0.717, 1.165) is 36.5 Å². The second kappa shape index (κ2) is 7.92. The standard InChI is InChI=1S/C13H22N2O2/c1-3-17-9-7-15-12-4-5-13(14)11(10-12)6-8-16-2/h4-5,10,15H,3,6-9,14H2,1-2H3. The summed E-state index contributed by atoms with van der Waals surface area (Å²) in [6.45, 7) is 4.96. The van der Waals surface area contributed by atoms with Gasteiger partial charge in [-0.2, -0.15) is 0 Å². The Morgan fingerprint density at radius 1 is 1.29 bits per heavy atom. The summed E-state index contributed by atoms with van der Waals surface area (Å²) in [5.74, 6) is 0. The minimum atomic E-state index is 0.687. The molecule has 0 aliphatic rings. The van der Waals surface area contributed by atoms with Gasteiger partial charge in [-0.3, -0.25) is 0 Å². The molecule has 1 aromatic rings. The van der Waals surface area contributed by atoms with E-state index in [2.05, 4.69) is 11.4 Å². The second-order valence-electron chi connectivity index (χ2n) is 3.78. The Hall–Kier alpha value is -1.26. The first-order valence-corrected chi connectivity index (χ1v) is 5.97. The molecule has 4 nitrogen and oxygen atoms in total. The zero-order chi connectivity index (χ0) is 12.5. The number of hydrogen-bond donors (Lipinski definition) is 2. The van der Waals surface area contributed by atoms with Crippen LogP contribution in [-0.2, 0) is 15.9 Å². The van der Waals surface area contributed by atoms with Crippen LogP contribution in [-0.4, -0.2) is 33.5 Å². The van der Waals surface area contributed by atoms with Gasteiger partial charge >= 0.3 is 0 Å². The fourth-order valence-electron chi connectivity index (χ4n) is 1.56. The van der Waals surface area contributed by atoms with Gasteiger partial charge in [-0.15, -0.1) is 0 Å². The Morgan fingerprint density at radius 3 is 2.82 bits per heavy atom. The number of anilines is 2. The van der Waals surface area contributed by atoms with Crippen molar-refractivity contribution in [1.29, 1.82) is 0 Å². The van der Waals surface area contributed by atoms with E-state index in [-0.39, 0.29) is 0 Å². The summed E-state index contributed by atoms with van der Waals surface area (Å²) in [5.41, 5.74) is 8.91. The van der Waals surface area contributed by atoms with Crippen molar-refractivity contribution in [2.45, 2.75) is 13.3 Å². The van der Waals surface area contributed by atoms with Crippen molar-refractivity contribution in [1.82, 2.24) is 0 Å². The molecule has 0 heterocycles. The SMILES string of the molecule is CCOCCNc1ccc(N)c(CCOC)c1. The molecule has 0 bridgehead atoms. The van der Waals surface area contributed by atoms with E-state index in [4.69, 9.17) is 15.2 Å². The van der Waals surface area contributed by atoms with Crippen molar-refractivity contribution in [3.8, 4) is 0 Å². The minimum absolute atomic E-state index is 0.687. The van der Waals surface area contributed by atoms with E-state index in [1.165, 1.54) is 0 Å². The summed E-state index contributed by atoms with van der Waals surface area (Å²) in [6.07, 6.45) is 0.837. The predicted molar refractivity (Wildman–Crippen MR) is 71.4 cm³/mol. The Bertz CT molecular complexity index is 329. The second-order valence-corrected chi connectivity index (χ2v) is 3.78. The molecule has 3 N–H and O–H groups in total. The molecule has 4 heteroatoms. The van der Waals surface area contributed by atoms with Gasteiger partial charge in [0, 0.05) is 31.6 Å². The molecular formula is C13H22N2O2. The van der Waals surface area contributed by atoms with Gasteiger partial charge in [0.25, 0.3) is 0 Å². The molecule has 96 valence electrons. The number of nitrogens with one attached hydrogen (secondary N) is 1. The van der Waals surface area contributed by atoms with Crippen molar-refractivity contribution in [2.24, 2.45) is 0 Å². The number of ether oxygens (including phenoxy) is 2. The number of nitrogens with two attached hydrogens (primary N) is 1. The molecule has 0 saturated heterocycles. The van der Waals surface area contributed by atoms with E-state index >= 15 is 0 Å². The van der Waals surface area contributed by atoms with Gasteiger partial charge in [0.2, 0.25) is 0 Å². The summed E-state index contributed by atoms with van der Waals surface area (Å²) in [5, 5.41) is 3.30. The summed E-state index contributed by atoms with van der Waals surface area (Å²) < 4.78 is 10.3. The third-order valence-corrected chi connectivity index (χ3v) is 2.50. The number of hydrogen-bond acceptors (Lipinski definition) is 4. The molecule has 0 aliphatic carbocycles. The van der Waals surface area contributed by atoms with Crippen LogP contribution in [0.25, 0.3) is 0 Å². The zero-order valence-corrected chi connectivity index (χ0v) is 10.7. The normalized spacial score (nSPS) is 10.5. The fourth-order valence-corrected chi connectivity index (χ4v) is 1.56. The van der Waals surface area contributed by atoms with Crippen molar-refractivity contribution >= 4 is 11.4 Å². The Balaban J connectivity index is 2.49. The monoisotopic (exact) mass is 238 g/mol. The molecule has 0 aliphatic heterocycles. The maximum absolute atomic E-state index is 5.90. The lowest BCUT2D eigenvalue weighted by Crippen LogP contribution is -2.10. The number of methoxy groups -OCH3 is 1. The lowest BCUT2D eigenvalue weighted by atomic mass is 10.1. The molecule has 0 radical (unpaired) electrons. The quantitative estimate of drug-likeness (QED) is 0.536. The molecule has 0 saturated carbocycles. The molecule has 0 aromatic heterocycles. The van der Waals surface area contributed by atoms with Crippen molar-refractivity contribution in [3.63, 3.8) is 0 Å². The summed E-state index contributed by atoms with van der Waals surface area (Å²) >= 11 is 0. The first-order valence-electron chi connectivity index (χ1n) is 5.97. The zero-order valence-electron chi connectivity index (χ0n) is 10.7. The molecule has 0 spiro atoms. The van der Waals surface area contributed by atoms with E-state index in [9.17, 15) is 0 Å². The van der Waals surface area contributed by atoms with Gasteiger partial charge in [-0.25, -0.2) is 0 Å². The highest BCUT2D eigenvalue weighted by Gasteiger charge is 2.01. The van der Waals surface area contributed by atoms with Crippen molar-refractivity contribution < 1.29 is 9.47 Å². The first kappa shape index (κ1) is 13.8. The van der Waals surface area contributed by atoms with Crippen LogP contribution in [0.15, 0.2) is 18.2 Å². The van der Waals surface area contributed by atoms with Crippen LogP contribution in [0.4, 0.5) is 11.4 Å². The highest BCUT2D eigenvalue weighted by atomic mass is 16.5. The topological polar surface area (TPSA) is 56.5 Å². The smallest absolute Gasteiger partial charge is 0.0638 e. The van der Waals surface area contributed by atoms with Crippen LogP contribution in [0.5, 0.6) is 0 Å². The Labute approximate surface area is 103 Å². The summed E-state index contributed by atoms with van der Waals surface area (Å²) in [6, 6.07) is 5.98. The highest BCUT2D eigenvalue weighted by Crippen LogP contribution is 2.18.